The molecule has 2 N–H and O–H groups in total. The maximum Gasteiger partial charge on any atom is 0.308 e. The van der Waals surface area contributed by atoms with Gasteiger partial charge >= 0.3 is 5.97 Å². The Morgan fingerprint density at radius 1 is 1.00 bits per heavy atom. The first-order valence-corrected chi connectivity index (χ1v) is 8.73. The third-order valence-corrected chi connectivity index (χ3v) is 3.76. The largest absolute Gasteiger partial charge is 0.455 e. The second-order valence-electron chi connectivity index (χ2n) is 6.53. The zero-order chi connectivity index (χ0) is 19.8. The molecule has 1 atom stereocenters. The lowest BCUT2D eigenvalue weighted by atomic mass is 10.1. The monoisotopic (exact) mass is 368 g/mol. The molecule has 0 aliphatic rings. The summed E-state index contributed by atoms with van der Waals surface area (Å²) in [6, 6.07) is 14.0. The zero-order valence-electron chi connectivity index (χ0n) is 15.7. The molecule has 6 nitrogen and oxygen atoms in total. The van der Waals surface area contributed by atoms with Crippen LogP contribution in [0.3, 0.4) is 0 Å². The molecule has 2 aromatic carbocycles. The molecule has 6 heteroatoms. The summed E-state index contributed by atoms with van der Waals surface area (Å²) in [6.07, 6.45) is -0.0184. The number of anilines is 1. The van der Waals surface area contributed by atoms with E-state index in [-0.39, 0.29) is 18.9 Å². The maximum atomic E-state index is 12.0. The van der Waals surface area contributed by atoms with Gasteiger partial charge in [-0.2, -0.15) is 0 Å². The predicted molar refractivity (Wildman–Crippen MR) is 103 cm³/mol. The number of esters is 1. The minimum absolute atomic E-state index is 0.0184. The number of hydrogen-bond acceptors (Lipinski definition) is 4. The predicted octanol–water partition coefficient (Wildman–Crippen LogP) is 2.99. The van der Waals surface area contributed by atoms with E-state index >= 15 is 0 Å². The molecule has 0 spiro atoms. The van der Waals surface area contributed by atoms with E-state index in [1.54, 1.807) is 31.2 Å². The van der Waals surface area contributed by atoms with E-state index < -0.39 is 17.9 Å². The number of carbonyl (C=O) groups is 3. The van der Waals surface area contributed by atoms with Crippen molar-refractivity contribution in [3.05, 3.63) is 65.2 Å². The van der Waals surface area contributed by atoms with Crippen LogP contribution in [0.2, 0.25) is 0 Å². The molecule has 0 radical (unpaired) electrons. The van der Waals surface area contributed by atoms with Crippen molar-refractivity contribution in [2.75, 3.05) is 11.9 Å². The summed E-state index contributed by atoms with van der Waals surface area (Å²) in [5.41, 5.74) is 3.25. The Morgan fingerprint density at radius 3 is 2.26 bits per heavy atom. The van der Waals surface area contributed by atoms with Crippen LogP contribution in [0.25, 0.3) is 0 Å². The van der Waals surface area contributed by atoms with Crippen LogP contribution in [-0.2, 0) is 14.3 Å². The molecule has 0 bridgehead atoms. The van der Waals surface area contributed by atoms with Crippen LogP contribution in [0.15, 0.2) is 48.5 Å². The number of hydrogen-bond donors (Lipinski definition) is 2. The molecule has 27 heavy (non-hydrogen) atoms. The molecule has 2 rings (SSSR count). The van der Waals surface area contributed by atoms with Gasteiger partial charge in [0.1, 0.15) is 0 Å². The molecule has 0 saturated heterocycles. The van der Waals surface area contributed by atoms with E-state index in [0.29, 0.717) is 11.3 Å². The quantitative estimate of drug-likeness (QED) is 0.736. The molecule has 2 amide bonds. The van der Waals surface area contributed by atoms with Crippen LogP contribution in [0.5, 0.6) is 0 Å². The highest BCUT2D eigenvalue weighted by Gasteiger charge is 2.15. The van der Waals surface area contributed by atoms with Crippen LogP contribution in [0.4, 0.5) is 5.69 Å². The Balaban J connectivity index is 1.74. The number of carbonyl (C=O) groups excluding carboxylic acids is 3. The first-order chi connectivity index (χ1) is 12.8. The van der Waals surface area contributed by atoms with Crippen LogP contribution < -0.4 is 10.6 Å². The second-order valence-corrected chi connectivity index (χ2v) is 6.53. The summed E-state index contributed by atoms with van der Waals surface area (Å²) in [6.45, 7) is 5.21. The Labute approximate surface area is 158 Å². The van der Waals surface area contributed by atoms with Crippen molar-refractivity contribution in [3.63, 3.8) is 0 Å². The SMILES string of the molecule is Cc1cc(C)cc(NC(=O)COC(=O)CC(C)NC(=O)c2ccccc2)c1. The number of aryl methyl sites for hydroxylation is 2. The van der Waals surface area contributed by atoms with Gasteiger partial charge in [-0.15, -0.1) is 0 Å². The fourth-order valence-corrected chi connectivity index (χ4v) is 2.65. The molecule has 2 aromatic rings. The van der Waals surface area contributed by atoms with Gasteiger partial charge in [0.15, 0.2) is 6.61 Å². The summed E-state index contributed by atoms with van der Waals surface area (Å²) in [7, 11) is 0. The molecule has 0 saturated carbocycles. The topological polar surface area (TPSA) is 84.5 Å². The van der Waals surface area contributed by atoms with Gasteiger partial charge in [-0.05, 0) is 56.2 Å². The molecular weight excluding hydrogens is 344 g/mol. The summed E-state index contributed by atoms with van der Waals surface area (Å²) >= 11 is 0. The lowest BCUT2D eigenvalue weighted by molar-refractivity contribution is -0.147. The minimum atomic E-state index is -0.550. The van der Waals surface area contributed by atoms with Crippen molar-refractivity contribution in [1.82, 2.24) is 5.32 Å². The van der Waals surface area contributed by atoms with Crippen molar-refractivity contribution < 1.29 is 19.1 Å². The standard InChI is InChI=1S/C21H24N2O4/c1-14-9-15(2)11-18(10-14)23-19(24)13-27-20(25)12-16(3)22-21(26)17-7-5-4-6-8-17/h4-11,16H,12-13H2,1-3H3,(H,22,26)(H,23,24). The molecule has 0 fully saturated rings. The van der Waals surface area contributed by atoms with E-state index in [0.717, 1.165) is 11.1 Å². The van der Waals surface area contributed by atoms with Gasteiger partial charge in [0.2, 0.25) is 0 Å². The highest BCUT2D eigenvalue weighted by Crippen LogP contribution is 2.13. The Bertz CT molecular complexity index is 798. The molecule has 0 aliphatic heterocycles. The third-order valence-electron chi connectivity index (χ3n) is 3.76. The van der Waals surface area contributed by atoms with E-state index in [2.05, 4.69) is 10.6 Å². The smallest absolute Gasteiger partial charge is 0.308 e. The molecule has 0 aromatic heterocycles. The van der Waals surface area contributed by atoms with Crippen LogP contribution >= 0.6 is 0 Å². The Kier molecular flexibility index (Phi) is 7.11. The number of rotatable bonds is 7. The molecule has 0 heterocycles. The van der Waals surface area contributed by atoms with Crippen LogP contribution in [0.1, 0.15) is 34.8 Å². The first kappa shape index (κ1) is 20.2. The summed E-state index contributed by atoms with van der Waals surface area (Å²) < 4.78 is 4.99. The molecule has 1 unspecified atom stereocenters. The number of ether oxygens (including phenoxy) is 1. The number of amides is 2. The number of nitrogens with one attached hydrogen (secondary N) is 2. The van der Waals surface area contributed by atoms with E-state index in [1.165, 1.54) is 0 Å². The average Bonchev–Trinajstić information content (AvgIpc) is 2.59. The van der Waals surface area contributed by atoms with Gasteiger partial charge in [-0.3, -0.25) is 14.4 Å². The van der Waals surface area contributed by atoms with E-state index in [1.807, 2.05) is 38.1 Å². The number of benzene rings is 2. The van der Waals surface area contributed by atoms with Crippen molar-refractivity contribution in [2.45, 2.75) is 33.2 Å². The second kappa shape index (κ2) is 9.52. The summed E-state index contributed by atoms with van der Waals surface area (Å²) in [5.74, 6) is -1.22. The highest BCUT2D eigenvalue weighted by atomic mass is 16.5. The highest BCUT2D eigenvalue weighted by molar-refractivity contribution is 5.95. The average molecular weight is 368 g/mol. The third kappa shape index (κ3) is 6.93. The lowest BCUT2D eigenvalue weighted by Crippen LogP contribution is -2.35. The zero-order valence-corrected chi connectivity index (χ0v) is 15.7. The van der Waals surface area contributed by atoms with Crippen molar-refractivity contribution >= 4 is 23.5 Å². The van der Waals surface area contributed by atoms with Gasteiger partial charge in [0, 0.05) is 17.3 Å². The summed E-state index contributed by atoms with van der Waals surface area (Å²) in [5, 5.41) is 5.43. The fourth-order valence-electron chi connectivity index (χ4n) is 2.65. The normalized spacial score (nSPS) is 11.4. The Morgan fingerprint density at radius 2 is 1.63 bits per heavy atom. The van der Waals surface area contributed by atoms with Gasteiger partial charge in [0.05, 0.1) is 6.42 Å². The van der Waals surface area contributed by atoms with Crippen LogP contribution in [-0.4, -0.2) is 30.4 Å². The molecular formula is C21H24N2O4. The van der Waals surface area contributed by atoms with E-state index in [9.17, 15) is 14.4 Å². The Hall–Kier alpha value is -3.15. The van der Waals surface area contributed by atoms with Crippen LogP contribution in [0, 0.1) is 13.8 Å². The van der Waals surface area contributed by atoms with Gasteiger partial charge in [-0.25, -0.2) is 0 Å². The van der Waals surface area contributed by atoms with Crippen molar-refractivity contribution in [1.29, 1.82) is 0 Å². The van der Waals surface area contributed by atoms with Crippen molar-refractivity contribution in [2.24, 2.45) is 0 Å². The van der Waals surface area contributed by atoms with E-state index in [4.69, 9.17) is 4.74 Å². The summed E-state index contributed by atoms with van der Waals surface area (Å²) in [4.78, 5) is 35.8. The van der Waals surface area contributed by atoms with Crippen molar-refractivity contribution in [3.8, 4) is 0 Å². The van der Waals surface area contributed by atoms with Gasteiger partial charge in [-0.1, -0.05) is 24.3 Å². The van der Waals surface area contributed by atoms with Gasteiger partial charge < -0.3 is 15.4 Å². The molecule has 0 aliphatic carbocycles. The van der Waals surface area contributed by atoms with Gasteiger partial charge in [0.25, 0.3) is 11.8 Å². The maximum absolute atomic E-state index is 12.0. The fraction of sp³-hybridized carbons (Fsp3) is 0.286. The first-order valence-electron chi connectivity index (χ1n) is 8.73. The lowest BCUT2D eigenvalue weighted by Gasteiger charge is -2.13. The minimum Gasteiger partial charge on any atom is -0.455 e. The molecule has 142 valence electrons.